The summed E-state index contributed by atoms with van der Waals surface area (Å²) in [7, 11) is 0. The van der Waals surface area contributed by atoms with E-state index in [1.165, 1.54) is 16.6 Å². The maximum absolute atomic E-state index is 13.1. The fraction of sp³-hybridized carbons (Fsp3) is 0.375. The van der Waals surface area contributed by atoms with Gasteiger partial charge in [0.15, 0.2) is 4.96 Å². The Hall–Kier alpha value is -2.77. The van der Waals surface area contributed by atoms with E-state index in [1.54, 1.807) is 20.6 Å². The van der Waals surface area contributed by atoms with Gasteiger partial charge in [0.05, 0.1) is 0 Å². The molecular formula is C24H26N4O2S. The molecule has 0 bridgehead atoms. The van der Waals surface area contributed by atoms with Gasteiger partial charge in [-0.3, -0.25) is 18.9 Å². The number of aromatic nitrogens is 2. The summed E-state index contributed by atoms with van der Waals surface area (Å²) in [5, 5.41) is 0. The molecule has 0 spiro atoms. The zero-order valence-electron chi connectivity index (χ0n) is 17.5. The van der Waals surface area contributed by atoms with Crippen molar-refractivity contribution >= 4 is 28.3 Å². The molecule has 5 rings (SSSR count). The van der Waals surface area contributed by atoms with E-state index in [1.807, 2.05) is 18.2 Å². The number of aryl methyl sites for hydroxylation is 2. The first-order chi connectivity index (χ1) is 15.2. The summed E-state index contributed by atoms with van der Waals surface area (Å²) in [4.78, 5) is 36.8. The molecule has 3 aromatic rings. The number of carbonyl (C=O) groups excluding carboxylic acids is 1. The summed E-state index contributed by atoms with van der Waals surface area (Å²) in [5.74, 6) is -0.192. The van der Waals surface area contributed by atoms with Crippen LogP contribution < -0.4 is 5.56 Å². The summed E-state index contributed by atoms with van der Waals surface area (Å²) in [5.41, 5.74) is 2.24. The lowest BCUT2D eigenvalue weighted by Gasteiger charge is -2.34. The fourth-order valence-electron chi connectivity index (χ4n) is 4.42. The molecule has 0 atom stereocenters. The minimum Gasteiger partial charge on any atom is -0.336 e. The molecule has 0 saturated carbocycles. The summed E-state index contributed by atoms with van der Waals surface area (Å²) >= 11 is 1.59. The van der Waals surface area contributed by atoms with Gasteiger partial charge in [-0.25, -0.2) is 4.98 Å². The first kappa shape index (κ1) is 20.2. The van der Waals surface area contributed by atoms with Crippen LogP contribution in [0.15, 0.2) is 47.4 Å². The Morgan fingerprint density at radius 2 is 1.84 bits per heavy atom. The number of piperazine rings is 1. The topological polar surface area (TPSA) is 57.9 Å². The Morgan fingerprint density at radius 3 is 2.65 bits per heavy atom. The van der Waals surface area contributed by atoms with Crippen molar-refractivity contribution in [1.82, 2.24) is 19.2 Å². The molecule has 1 aliphatic carbocycles. The maximum Gasteiger partial charge on any atom is 0.271 e. The van der Waals surface area contributed by atoms with Crippen molar-refractivity contribution in [2.75, 3.05) is 32.7 Å². The van der Waals surface area contributed by atoms with Gasteiger partial charge in [-0.2, -0.15) is 0 Å². The van der Waals surface area contributed by atoms with E-state index in [-0.39, 0.29) is 17.0 Å². The molecule has 160 valence electrons. The molecule has 31 heavy (non-hydrogen) atoms. The van der Waals surface area contributed by atoms with Crippen LogP contribution in [0.3, 0.4) is 0 Å². The van der Waals surface area contributed by atoms with E-state index < -0.39 is 0 Å². The third kappa shape index (κ3) is 4.07. The van der Waals surface area contributed by atoms with Crippen LogP contribution >= 0.6 is 11.3 Å². The van der Waals surface area contributed by atoms with E-state index in [0.717, 1.165) is 51.0 Å². The molecule has 1 saturated heterocycles. The quantitative estimate of drug-likeness (QED) is 0.633. The minimum atomic E-state index is -0.206. The Labute approximate surface area is 185 Å². The second-order valence-electron chi connectivity index (χ2n) is 8.18. The third-order valence-electron chi connectivity index (χ3n) is 6.17. The van der Waals surface area contributed by atoms with E-state index >= 15 is 0 Å². The number of nitrogens with zero attached hydrogens (tertiary/aromatic N) is 4. The summed E-state index contributed by atoms with van der Waals surface area (Å²) in [6, 6.07) is 10.2. The molecule has 1 aliphatic heterocycles. The Balaban J connectivity index is 1.25. The van der Waals surface area contributed by atoms with Crippen molar-refractivity contribution in [2.45, 2.75) is 25.7 Å². The van der Waals surface area contributed by atoms with E-state index in [4.69, 9.17) is 0 Å². The van der Waals surface area contributed by atoms with Gasteiger partial charge in [0.25, 0.3) is 11.5 Å². The lowest BCUT2D eigenvalue weighted by atomic mass is 10.0. The molecule has 3 heterocycles. The highest BCUT2D eigenvalue weighted by molar-refractivity contribution is 7.17. The summed E-state index contributed by atoms with van der Waals surface area (Å²) in [6.45, 7) is 3.71. The van der Waals surface area contributed by atoms with Gasteiger partial charge in [0, 0.05) is 49.5 Å². The van der Waals surface area contributed by atoms with Crippen LogP contribution in [0.1, 0.15) is 39.3 Å². The average Bonchev–Trinajstić information content (AvgIpc) is 3.20. The van der Waals surface area contributed by atoms with Gasteiger partial charge in [0.1, 0.15) is 5.56 Å². The van der Waals surface area contributed by atoms with Crippen molar-refractivity contribution < 1.29 is 4.79 Å². The van der Waals surface area contributed by atoms with Crippen LogP contribution in [0.4, 0.5) is 0 Å². The lowest BCUT2D eigenvalue weighted by molar-refractivity contribution is 0.0648. The highest BCUT2D eigenvalue weighted by Gasteiger charge is 2.26. The van der Waals surface area contributed by atoms with E-state index in [2.05, 4.69) is 34.2 Å². The highest BCUT2D eigenvalue weighted by atomic mass is 32.1. The largest absolute Gasteiger partial charge is 0.336 e. The molecule has 0 N–H and O–H groups in total. The predicted octanol–water partition coefficient (Wildman–Crippen LogP) is 3.11. The number of hydrogen-bond donors (Lipinski definition) is 0. The van der Waals surface area contributed by atoms with E-state index in [0.29, 0.717) is 18.1 Å². The van der Waals surface area contributed by atoms with Gasteiger partial charge in [0.2, 0.25) is 0 Å². The van der Waals surface area contributed by atoms with Crippen LogP contribution in [0.5, 0.6) is 0 Å². The van der Waals surface area contributed by atoms with Crippen molar-refractivity contribution in [3.05, 3.63) is 74.7 Å². The molecule has 1 amide bonds. The predicted molar refractivity (Wildman–Crippen MR) is 124 cm³/mol. The Bertz CT molecular complexity index is 1170. The lowest BCUT2D eigenvalue weighted by Crippen LogP contribution is -2.49. The number of benzene rings is 1. The van der Waals surface area contributed by atoms with Gasteiger partial charge < -0.3 is 4.90 Å². The van der Waals surface area contributed by atoms with Gasteiger partial charge in [-0.1, -0.05) is 42.5 Å². The Morgan fingerprint density at radius 1 is 1.06 bits per heavy atom. The molecule has 1 fully saturated rings. The number of hydrogen-bond acceptors (Lipinski definition) is 5. The molecule has 6 nitrogen and oxygen atoms in total. The van der Waals surface area contributed by atoms with Crippen LogP contribution in [0.2, 0.25) is 0 Å². The molecule has 2 aliphatic rings. The van der Waals surface area contributed by atoms with Crippen molar-refractivity contribution in [1.29, 1.82) is 0 Å². The number of amides is 1. The molecule has 2 aromatic heterocycles. The van der Waals surface area contributed by atoms with Crippen molar-refractivity contribution in [3.8, 4) is 0 Å². The van der Waals surface area contributed by atoms with Crippen LogP contribution in [0.25, 0.3) is 11.0 Å². The smallest absolute Gasteiger partial charge is 0.271 e. The van der Waals surface area contributed by atoms with Crippen LogP contribution in [0, 0.1) is 0 Å². The highest BCUT2D eigenvalue weighted by Crippen LogP contribution is 2.28. The van der Waals surface area contributed by atoms with Crippen LogP contribution in [-0.4, -0.2) is 57.8 Å². The molecule has 0 unspecified atom stereocenters. The average molecular weight is 435 g/mol. The third-order valence-corrected chi connectivity index (χ3v) is 7.32. The fourth-order valence-corrected chi connectivity index (χ4v) is 5.59. The van der Waals surface area contributed by atoms with Gasteiger partial charge in [-0.05, 0) is 31.2 Å². The van der Waals surface area contributed by atoms with Gasteiger partial charge >= 0.3 is 0 Å². The van der Waals surface area contributed by atoms with E-state index in [9.17, 15) is 9.59 Å². The SMILES string of the molecule is O=C(c1cnc2sc3c(n2c1=O)CCCC3)N1CCN(CC=Cc2ccccc2)CC1. The number of carbonyl (C=O) groups is 1. The van der Waals surface area contributed by atoms with Crippen LogP contribution in [-0.2, 0) is 12.8 Å². The molecule has 0 radical (unpaired) electrons. The van der Waals surface area contributed by atoms with Gasteiger partial charge in [-0.15, -0.1) is 11.3 Å². The first-order valence-electron chi connectivity index (χ1n) is 11.0. The zero-order chi connectivity index (χ0) is 21.2. The molecular weight excluding hydrogens is 408 g/mol. The minimum absolute atomic E-state index is 0.192. The zero-order valence-corrected chi connectivity index (χ0v) is 18.3. The summed E-state index contributed by atoms with van der Waals surface area (Å²) < 4.78 is 1.69. The standard InChI is InChI=1S/C24H26N4O2S/c29-22(19-17-25-24-28(23(19)30)20-10-4-5-11-21(20)31-24)27-15-13-26(14-16-27)12-6-9-18-7-2-1-3-8-18/h1-3,6-9,17H,4-5,10-16H2. The second-order valence-corrected chi connectivity index (χ2v) is 9.24. The van der Waals surface area contributed by atoms with Crippen molar-refractivity contribution in [3.63, 3.8) is 0 Å². The monoisotopic (exact) mass is 434 g/mol. The number of fused-ring (bicyclic) bond motifs is 3. The van der Waals surface area contributed by atoms with Crippen molar-refractivity contribution in [2.24, 2.45) is 0 Å². The first-order valence-corrected chi connectivity index (χ1v) is 11.8. The number of thiazole rings is 1. The Kier molecular flexibility index (Phi) is 5.70. The summed E-state index contributed by atoms with van der Waals surface area (Å²) in [6.07, 6.45) is 9.92. The second kappa shape index (κ2) is 8.77. The normalized spacial score (nSPS) is 17.4. The molecule has 7 heteroatoms. The maximum atomic E-state index is 13.1. The number of rotatable bonds is 4. The molecule has 1 aromatic carbocycles.